The topological polar surface area (TPSA) is 43.4 Å². The highest BCUT2D eigenvalue weighted by molar-refractivity contribution is 7.09. The van der Waals surface area contributed by atoms with Crippen molar-refractivity contribution < 1.29 is 9.47 Å². The molecule has 1 atom stereocenters. The molecule has 1 aromatic heterocycles. The van der Waals surface area contributed by atoms with E-state index in [4.69, 9.17) is 9.47 Å². The van der Waals surface area contributed by atoms with Crippen molar-refractivity contribution >= 4 is 11.3 Å². The molecule has 4 nitrogen and oxygen atoms in total. The third-order valence-corrected chi connectivity index (χ3v) is 3.68. The number of hydrogen-bond acceptors (Lipinski definition) is 5. The molecule has 0 aliphatic carbocycles. The maximum Gasteiger partial charge on any atom is 0.107 e. The van der Waals surface area contributed by atoms with Gasteiger partial charge in [0.2, 0.25) is 0 Å². The number of aromatic nitrogens is 1. The lowest BCUT2D eigenvalue weighted by Gasteiger charge is -2.07. The maximum absolute atomic E-state index is 5.74. The quantitative estimate of drug-likeness (QED) is 0.825. The summed E-state index contributed by atoms with van der Waals surface area (Å²) in [6.07, 6.45) is 1.27. The molecule has 2 heterocycles. The second-order valence-electron chi connectivity index (χ2n) is 5.05. The van der Waals surface area contributed by atoms with Crippen LogP contribution in [0.2, 0.25) is 0 Å². The highest BCUT2D eigenvalue weighted by atomic mass is 32.1. The summed E-state index contributed by atoms with van der Waals surface area (Å²) in [7, 11) is 0. The van der Waals surface area contributed by atoms with Crippen molar-refractivity contribution in [3.8, 4) is 0 Å². The van der Waals surface area contributed by atoms with E-state index < -0.39 is 0 Å². The maximum atomic E-state index is 5.74. The van der Waals surface area contributed by atoms with Gasteiger partial charge in [-0.2, -0.15) is 0 Å². The Morgan fingerprint density at radius 2 is 2.50 bits per heavy atom. The molecular weight excluding hydrogens is 248 g/mol. The van der Waals surface area contributed by atoms with Crippen LogP contribution in [0.15, 0.2) is 5.38 Å². The molecule has 1 aliphatic rings. The number of hydrogen-bond donors (Lipinski definition) is 1. The van der Waals surface area contributed by atoms with Crippen molar-refractivity contribution in [2.75, 3.05) is 19.8 Å². The molecule has 1 unspecified atom stereocenters. The van der Waals surface area contributed by atoms with Crippen LogP contribution in [0.3, 0.4) is 0 Å². The molecule has 1 fully saturated rings. The molecule has 1 N–H and O–H groups in total. The van der Waals surface area contributed by atoms with Crippen LogP contribution in [0.5, 0.6) is 0 Å². The average molecular weight is 270 g/mol. The zero-order valence-electron chi connectivity index (χ0n) is 11.1. The van der Waals surface area contributed by atoms with Gasteiger partial charge in [0.25, 0.3) is 0 Å². The minimum Gasteiger partial charge on any atom is -0.379 e. The fraction of sp³-hybridized carbons (Fsp3) is 0.769. The van der Waals surface area contributed by atoms with E-state index in [1.807, 2.05) is 0 Å². The van der Waals surface area contributed by atoms with Crippen LogP contribution < -0.4 is 5.32 Å². The SMILES string of the molecule is CC(C)CNCc1nc(COC2CCOC2)cs1. The number of ether oxygens (including phenoxy) is 2. The Morgan fingerprint density at radius 1 is 1.61 bits per heavy atom. The molecule has 1 aliphatic heterocycles. The van der Waals surface area contributed by atoms with Crippen LogP contribution in [-0.4, -0.2) is 30.8 Å². The van der Waals surface area contributed by atoms with Crippen molar-refractivity contribution in [2.45, 2.75) is 39.5 Å². The Morgan fingerprint density at radius 3 is 3.22 bits per heavy atom. The normalized spacial score (nSPS) is 19.8. The van der Waals surface area contributed by atoms with Crippen molar-refractivity contribution in [3.05, 3.63) is 16.1 Å². The monoisotopic (exact) mass is 270 g/mol. The summed E-state index contributed by atoms with van der Waals surface area (Å²) in [6.45, 7) is 8.46. The number of rotatable bonds is 7. The Hall–Kier alpha value is -0.490. The molecule has 102 valence electrons. The zero-order chi connectivity index (χ0) is 12.8. The second kappa shape index (κ2) is 7.19. The predicted octanol–water partition coefficient (Wildman–Crippen LogP) is 2.19. The van der Waals surface area contributed by atoms with Gasteiger partial charge in [0, 0.05) is 18.5 Å². The molecule has 0 amide bonds. The van der Waals surface area contributed by atoms with E-state index in [1.54, 1.807) is 11.3 Å². The molecule has 5 heteroatoms. The molecule has 1 saturated heterocycles. The third kappa shape index (κ3) is 4.65. The highest BCUT2D eigenvalue weighted by Gasteiger charge is 2.16. The van der Waals surface area contributed by atoms with Gasteiger partial charge >= 0.3 is 0 Å². The second-order valence-corrected chi connectivity index (χ2v) is 6.00. The predicted molar refractivity (Wildman–Crippen MR) is 72.7 cm³/mol. The largest absolute Gasteiger partial charge is 0.379 e. The first-order chi connectivity index (χ1) is 8.74. The van der Waals surface area contributed by atoms with Gasteiger partial charge in [-0.05, 0) is 18.9 Å². The smallest absolute Gasteiger partial charge is 0.107 e. The first kappa shape index (κ1) is 13.9. The van der Waals surface area contributed by atoms with Gasteiger partial charge in [0.15, 0.2) is 0 Å². The molecule has 18 heavy (non-hydrogen) atoms. The lowest BCUT2D eigenvalue weighted by molar-refractivity contribution is 0.0303. The van der Waals surface area contributed by atoms with Crippen LogP contribution in [0, 0.1) is 5.92 Å². The number of thiazole rings is 1. The van der Waals surface area contributed by atoms with Crippen molar-refractivity contribution in [1.29, 1.82) is 0 Å². The van der Waals surface area contributed by atoms with Gasteiger partial charge in [0.05, 0.1) is 25.0 Å². The van der Waals surface area contributed by atoms with E-state index in [0.29, 0.717) is 12.5 Å². The van der Waals surface area contributed by atoms with E-state index in [0.717, 1.165) is 43.4 Å². The summed E-state index contributed by atoms with van der Waals surface area (Å²) in [5.41, 5.74) is 1.04. The number of nitrogens with zero attached hydrogens (tertiary/aromatic N) is 1. The van der Waals surface area contributed by atoms with Crippen LogP contribution >= 0.6 is 11.3 Å². The highest BCUT2D eigenvalue weighted by Crippen LogP contribution is 2.14. The lowest BCUT2D eigenvalue weighted by Crippen LogP contribution is -2.18. The summed E-state index contributed by atoms with van der Waals surface area (Å²) >= 11 is 1.70. The first-order valence-corrected chi connectivity index (χ1v) is 7.45. The Balaban J connectivity index is 1.68. The van der Waals surface area contributed by atoms with E-state index >= 15 is 0 Å². The molecule has 0 aromatic carbocycles. The van der Waals surface area contributed by atoms with Gasteiger partial charge < -0.3 is 14.8 Å². The summed E-state index contributed by atoms with van der Waals surface area (Å²) in [4.78, 5) is 4.56. The van der Waals surface area contributed by atoms with E-state index in [1.165, 1.54) is 0 Å². The molecule has 1 aromatic rings. The molecule has 0 bridgehead atoms. The zero-order valence-corrected chi connectivity index (χ0v) is 12.0. The Labute approximate surface area is 113 Å². The van der Waals surface area contributed by atoms with Gasteiger partial charge in [-0.1, -0.05) is 13.8 Å². The minimum atomic E-state index is 0.259. The minimum absolute atomic E-state index is 0.259. The van der Waals surface area contributed by atoms with Gasteiger partial charge in [0.1, 0.15) is 5.01 Å². The summed E-state index contributed by atoms with van der Waals surface area (Å²) in [5, 5.41) is 6.62. The van der Waals surface area contributed by atoms with E-state index in [-0.39, 0.29) is 6.10 Å². The van der Waals surface area contributed by atoms with Crippen molar-refractivity contribution in [3.63, 3.8) is 0 Å². The van der Waals surface area contributed by atoms with Gasteiger partial charge in [-0.25, -0.2) is 4.98 Å². The molecule has 0 saturated carbocycles. The molecule has 0 radical (unpaired) electrons. The number of nitrogens with one attached hydrogen (secondary N) is 1. The fourth-order valence-corrected chi connectivity index (χ4v) is 2.56. The van der Waals surface area contributed by atoms with E-state index in [2.05, 4.69) is 29.5 Å². The van der Waals surface area contributed by atoms with Gasteiger partial charge in [-0.15, -0.1) is 11.3 Å². The standard InChI is InChI=1S/C13H22N2O2S/c1-10(2)5-14-6-13-15-11(9-18-13)7-17-12-3-4-16-8-12/h9-10,12,14H,3-8H2,1-2H3. The molecule has 0 spiro atoms. The third-order valence-electron chi connectivity index (χ3n) is 2.78. The molecule has 2 rings (SSSR count). The summed E-state index contributed by atoms with van der Waals surface area (Å²) < 4.78 is 11.0. The fourth-order valence-electron chi connectivity index (χ4n) is 1.81. The Bertz CT molecular complexity index is 349. The van der Waals surface area contributed by atoms with Crippen LogP contribution in [0.4, 0.5) is 0 Å². The van der Waals surface area contributed by atoms with Crippen LogP contribution in [0.25, 0.3) is 0 Å². The van der Waals surface area contributed by atoms with Crippen molar-refractivity contribution in [2.24, 2.45) is 5.92 Å². The average Bonchev–Trinajstić information content (AvgIpc) is 2.96. The first-order valence-electron chi connectivity index (χ1n) is 6.57. The van der Waals surface area contributed by atoms with Gasteiger partial charge in [-0.3, -0.25) is 0 Å². The van der Waals surface area contributed by atoms with Crippen LogP contribution in [0.1, 0.15) is 31.0 Å². The van der Waals surface area contributed by atoms with Crippen LogP contribution in [-0.2, 0) is 22.6 Å². The lowest BCUT2D eigenvalue weighted by atomic mass is 10.2. The molecular formula is C13H22N2O2S. The summed E-state index contributed by atoms with van der Waals surface area (Å²) in [5.74, 6) is 0.676. The van der Waals surface area contributed by atoms with E-state index in [9.17, 15) is 0 Å². The Kier molecular flexibility index (Phi) is 5.56. The summed E-state index contributed by atoms with van der Waals surface area (Å²) in [6, 6.07) is 0. The van der Waals surface area contributed by atoms with Crippen molar-refractivity contribution in [1.82, 2.24) is 10.3 Å².